The van der Waals surface area contributed by atoms with Crippen molar-refractivity contribution in [1.82, 2.24) is 10.2 Å². The third kappa shape index (κ3) is 6.83. The zero-order chi connectivity index (χ0) is 29.1. The number of nitrogens with zero attached hydrogens (tertiary/aromatic N) is 2. The maximum Gasteiger partial charge on any atom is 0.416 e. The maximum absolute atomic E-state index is 13.4. The van der Waals surface area contributed by atoms with Crippen LogP contribution in [-0.2, 0) is 28.3 Å². The number of allylic oxidation sites excluding steroid dienone is 3. The van der Waals surface area contributed by atoms with Crippen LogP contribution >= 0.6 is 0 Å². The quantitative estimate of drug-likeness (QED) is 0.493. The summed E-state index contributed by atoms with van der Waals surface area (Å²) in [6, 6.07) is 10.4. The summed E-state index contributed by atoms with van der Waals surface area (Å²) in [6.07, 6.45) is -6.20. The van der Waals surface area contributed by atoms with Crippen LogP contribution in [0.15, 0.2) is 72.5 Å². The lowest BCUT2D eigenvalue weighted by Gasteiger charge is -2.40. The SMILES string of the molecule is N#CC1=CC=C[C@H](C(=O)N[C@H]2CCN(C(=O)c3cc(C(F)(F)F)cc(C(F)(F)F)c3)C(Cc3ccccc3)C2)O1. The summed E-state index contributed by atoms with van der Waals surface area (Å²) in [6.45, 7) is -0.0242. The van der Waals surface area contributed by atoms with Crippen LogP contribution in [0.1, 0.15) is 39.9 Å². The molecule has 40 heavy (non-hydrogen) atoms. The van der Waals surface area contributed by atoms with Gasteiger partial charge in [-0.1, -0.05) is 36.4 Å². The Morgan fingerprint density at radius 2 is 1.68 bits per heavy atom. The number of carbonyl (C=O) groups is 2. The highest BCUT2D eigenvalue weighted by atomic mass is 19.4. The van der Waals surface area contributed by atoms with Gasteiger partial charge in [-0.25, -0.2) is 0 Å². The summed E-state index contributed by atoms with van der Waals surface area (Å²) >= 11 is 0. The Morgan fingerprint density at radius 1 is 1.02 bits per heavy atom. The molecular formula is C28H23F6N3O3. The van der Waals surface area contributed by atoms with E-state index in [-0.39, 0.29) is 37.6 Å². The van der Waals surface area contributed by atoms with Gasteiger partial charge in [-0.15, -0.1) is 0 Å². The molecule has 1 saturated heterocycles. The summed E-state index contributed by atoms with van der Waals surface area (Å²) in [7, 11) is 0. The number of amides is 2. The van der Waals surface area contributed by atoms with Gasteiger partial charge < -0.3 is 15.0 Å². The van der Waals surface area contributed by atoms with Gasteiger partial charge >= 0.3 is 12.4 Å². The molecule has 12 heteroatoms. The molecule has 0 aromatic heterocycles. The van der Waals surface area contributed by atoms with Crippen LogP contribution in [0.5, 0.6) is 0 Å². The Hall–Kier alpha value is -4.27. The van der Waals surface area contributed by atoms with Crippen molar-refractivity contribution in [2.45, 2.75) is 49.8 Å². The molecule has 0 saturated carbocycles. The molecule has 2 heterocycles. The van der Waals surface area contributed by atoms with Crippen molar-refractivity contribution in [1.29, 1.82) is 5.26 Å². The Labute approximate surface area is 225 Å². The Morgan fingerprint density at radius 3 is 2.27 bits per heavy atom. The van der Waals surface area contributed by atoms with Gasteiger partial charge in [0.15, 0.2) is 11.9 Å². The first-order chi connectivity index (χ1) is 18.8. The molecule has 3 atom stereocenters. The first kappa shape index (κ1) is 28.7. The topological polar surface area (TPSA) is 82.4 Å². The van der Waals surface area contributed by atoms with E-state index in [1.54, 1.807) is 30.3 Å². The van der Waals surface area contributed by atoms with Gasteiger partial charge in [0.25, 0.3) is 11.8 Å². The highest BCUT2D eigenvalue weighted by molar-refractivity contribution is 5.95. The lowest BCUT2D eigenvalue weighted by Crippen LogP contribution is -2.54. The summed E-state index contributed by atoms with van der Waals surface area (Å²) in [5.74, 6) is -1.53. The number of ether oxygens (including phenoxy) is 1. The molecular weight excluding hydrogens is 540 g/mol. The van der Waals surface area contributed by atoms with E-state index in [1.165, 1.54) is 23.1 Å². The molecule has 6 nitrogen and oxygen atoms in total. The van der Waals surface area contributed by atoms with Crippen LogP contribution in [0, 0.1) is 11.3 Å². The van der Waals surface area contributed by atoms with Gasteiger partial charge in [0.2, 0.25) is 0 Å². The zero-order valence-electron chi connectivity index (χ0n) is 20.8. The van der Waals surface area contributed by atoms with Crippen LogP contribution in [0.4, 0.5) is 26.3 Å². The number of nitriles is 1. The average molecular weight is 563 g/mol. The van der Waals surface area contributed by atoms with Crippen molar-refractivity contribution in [3.05, 3.63) is 94.8 Å². The fraction of sp³-hybridized carbons (Fsp3) is 0.321. The van der Waals surface area contributed by atoms with Crippen LogP contribution in [0.2, 0.25) is 0 Å². The molecule has 4 rings (SSSR count). The number of carbonyl (C=O) groups excluding carboxylic acids is 2. The van der Waals surface area contributed by atoms with Gasteiger partial charge in [0.1, 0.15) is 6.07 Å². The van der Waals surface area contributed by atoms with Crippen molar-refractivity contribution in [3.8, 4) is 6.07 Å². The van der Waals surface area contributed by atoms with Crippen molar-refractivity contribution in [3.63, 3.8) is 0 Å². The van der Waals surface area contributed by atoms with E-state index < -0.39 is 59.0 Å². The minimum absolute atomic E-state index is 0.0192. The number of piperidine rings is 1. The Bertz CT molecular complexity index is 1330. The Balaban J connectivity index is 1.59. The van der Waals surface area contributed by atoms with E-state index in [0.717, 1.165) is 5.56 Å². The normalized spacial score (nSPS) is 21.2. The van der Waals surface area contributed by atoms with Gasteiger partial charge in [-0.2, -0.15) is 31.6 Å². The van der Waals surface area contributed by atoms with Crippen LogP contribution in [0.25, 0.3) is 0 Å². The fourth-order valence-electron chi connectivity index (χ4n) is 4.72. The predicted octanol–water partition coefficient (Wildman–Crippen LogP) is 5.42. The number of likely N-dealkylation sites (tertiary alicyclic amines) is 1. The van der Waals surface area contributed by atoms with Gasteiger partial charge in [-0.3, -0.25) is 9.59 Å². The summed E-state index contributed by atoms with van der Waals surface area (Å²) in [5, 5.41) is 11.8. The van der Waals surface area contributed by atoms with E-state index in [2.05, 4.69) is 5.32 Å². The van der Waals surface area contributed by atoms with E-state index in [0.29, 0.717) is 12.1 Å². The number of hydrogen-bond donors (Lipinski definition) is 1. The molecule has 210 valence electrons. The van der Waals surface area contributed by atoms with Crippen molar-refractivity contribution >= 4 is 11.8 Å². The van der Waals surface area contributed by atoms with Crippen molar-refractivity contribution in [2.24, 2.45) is 0 Å². The first-order valence-corrected chi connectivity index (χ1v) is 12.2. The number of nitrogens with one attached hydrogen (secondary N) is 1. The monoisotopic (exact) mass is 563 g/mol. The third-order valence-electron chi connectivity index (χ3n) is 6.63. The standard InChI is InChI=1S/C28H23F6N3O3/c29-27(30,31)19-12-18(13-20(14-19)28(32,33)34)26(39)37-10-9-21(15-22(37)11-17-5-2-1-3-6-17)36-25(38)24-8-4-7-23(16-35)40-24/h1-8,12-14,21-22,24H,9-11,15H2,(H,36,38)/t21-,22?,24+/m0/s1. The zero-order valence-corrected chi connectivity index (χ0v) is 20.8. The molecule has 2 aliphatic rings. The summed E-state index contributed by atoms with van der Waals surface area (Å²) in [4.78, 5) is 27.5. The van der Waals surface area contributed by atoms with E-state index in [1.807, 2.05) is 6.07 Å². The van der Waals surface area contributed by atoms with Gasteiger partial charge in [0.05, 0.1) is 11.1 Å². The second-order valence-electron chi connectivity index (χ2n) is 9.43. The molecule has 0 aliphatic carbocycles. The number of alkyl halides is 6. The predicted molar refractivity (Wildman–Crippen MR) is 130 cm³/mol. The van der Waals surface area contributed by atoms with Crippen molar-refractivity contribution < 1.29 is 40.7 Å². The lowest BCUT2D eigenvalue weighted by molar-refractivity contribution is -0.143. The fourth-order valence-corrected chi connectivity index (χ4v) is 4.72. The van der Waals surface area contributed by atoms with E-state index in [9.17, 15) is 35.9 Å². The molecule has 1 N–H and O–H groups in total. The van der Waals surface area contributed by atoms with E-state index in [4.69, 9.17) is 10.00 Å². The number of benzene rings is 2. The van der Waals surface area contributed by atoms with Gasteiger partial charge in [-0.05, 0) is 55.2 Å². The molecule has 0 spiro atoms. The minimum atomic E-state index is -5.09. The molecule has 2 aromatic rings. The highest BCUT2D eigenvalue weighted by Gasteiger charge is 2.39. The van der Waals surface area contributed by atoms with Crippen molar-refractivity contribution in [2.75, 3.05) is 6.54 Å². The molecule has 0 bridgehead atoms. The lowest BCUT2D eigenvalue weighted by atomic mass is 9.91. The number of rotatable bonds is 5. The maximum atomic E-state index is 13.4. The molecule has 2 aliphatic heterocycles. The first-order valence-electron chi connectivity index (χ1n) is 12.2. The second kappa shape index (κ2) is 11.5. The molecule has 2 amide bonds. The second-order valence-corrected chi connectivity index (χ2v) is 9.43. The molecule has 1 unspecified atom stereocenters. The summed E-state index contributed by atoms with van der Waals surface area (Å²) < 4.78 is 85.8. The smallest absolute Gasteiger partial charge is 0.416 e. The van der Waals surface area contributed by atoms with Crippen LogP contribution in [0.3, 0.4) is 0 Å². The molecule has 2 aromatic carbocycles. The Kier molecular flexibility index (Phi) is 8.23. The largest absolute Gasteiger partial charge is 0.466 e. The highest BCUT2D eigenvalue weighted by Crippen LogP contribution is 2.37. The molecule has 0 radical (unpaired) electrons. The van der Waals surface area contributed by atoms with Crippen LogP contribution in [-0.4, -0.2) is 41.4 Å². The molecule has 1 fully saturated rings. The van der Waals surface area contributed by atoms with E-state index >= 15 is 0 Å². The average Bonchev–Trinajstić information content (AvgIpc) is 2.92. The minimum Gasteiger partial charge on any atom is -0.466 e. The van der Waals surface area contributed by atoms with Gasteiger partial charge in [0, 0.05) is 24.2 Å². The number of hydrogen-bond acceptors (Lipinski definition) is 4. The number of halogens is 6. The third-order valence-corrected chi connectivity index (χ3v) is 6.63. The van der Waals surface area contributed by atoms with Crippen LogP contribution < -0.4 is 5.32 Å². The summed E-state index contributed by atoms with van der Waals surface area (Å²) in [5.41, 5.74) is -3.07.